The summed E-state index contributed by atoms with van der Waals surface area (Å²) >= 11 is 15.9. The molecule has 0 fully saturated rings. The van der Waals surface area contributed by atoms with Crippen molar-refractivity contribution in [2.24, 2.45) is 0 Å². The van der Waals surface area contributed by atoms with E-state index in [1.165, 1.54) is 19.2 Å². The van der Waals surface area contributed by atoms with E-state index < -0.39 is 15.8 Å². The van der Waals surface area contributed by atoms with E-state index in [0.717, 1.165) is 16.3 Å². The van der Waals surface area contributed by atoms with Crippen LogP contribution >= 0.6 is 39.1 Å². The van der Waals surface area contributed by atoms with Gasteiger partial charge in [-0.2, -0.15) is 0 Å². The fourth-order valence-electron chi connectivity index (χ4n) is 3.82. The van der Waals surface area contributed by atoms with Crippen molar-refractivity contribution in [3.05, 3.63) is 92.3 Å². The van der Waals surface area contributed by atoms with Crippen molar-refractivity contribution in [3.63, 3.8) is 0 Å². The highest BCUT2D eigenvalue weighted by molar-refractivity contribution is 9.10. The maximum Gasteiger partial charge on any atom is 0.340 e. The molecule has 0 saturated carbocycles. The Balaban J connectivity index is 1.98. The second-order valence-corrected chi connectivity index (χ2v) is 11.7. The SMILES string of the molecule is COC(=O)c1ccc(-n2cc(-c3ccc(Cl)cc3Cl)nc2Cc2ccc(Br)cc2)c(S(C)(=O)=O)c1N. The van der Waals surface area contributed by atoms with Crippen molar-refractivity contribution in [1.82, 2.24) is 9.55 Å². The molecule has 36 heavy (non-hydrogen) atoms. The van der Waals surface area contributed by atoms with Crippen LogP contribution in [0, 0.1) is 0 Å². The number of imidazole rings is 1. The highest BCUT2D eigenvalue weighted by atomic mass is 79.9. The van der Waals surface area contributed by atoms with Crippen LogP contribution in [0.3, 0.4) is 0 Å². The van der Waals surface area contributed by atoms with Crippen LogP contribution in [-0.2, 0) is 21.0 Å². The third kappa shape index (κ3) is 5.29. The van der Waals surface area contributed by atoms with Gasteiger partial charge in [-0.05, 0) is 48.0 Å². The van der Waals surface area contributed by atoms with Gasteiger partial charge in [-0.25, -0.2) is 18.2 Å². The van der Waals surface area contributed by atoms with E-state index in [-0.39, 0.29) is 21.8 Å². The number of hydrogen-bond donors (Lipinski definition) is 1. The fourth-order valence-corrected chi connectivity index (χ4v) is 5.64. The number of aromatic nitrogens is 2. The number of rotatable bonds is 6. The molecule has 186 valence electrons. The van der Waals surface area contributed by atoms with Gasteiger partial charge in [0.1, 0.15) is 10.7 Å². The molecule has 3 aromatic carbocycles. The monoisotopic (exact) mass is 607 g/mol. The van der Waals surface area contributed by atoms with E-state index in [2.05, 4.69) is 15.9 Å². The van der Waals surface area contributed by atoms with E-state index in [0.29, 0.717) is 33.5 Å². The third-order valence-corrected chi connectivity index (χ3v) is 7.72. The number of sulfone groups is 1. The summed E-state index contributed by atoms with van der Waals surface area (Å²) in [5.41, 5.74) is 8.29. The zero-order valence-electron chi connectivity index (χ0n) is 19.1. The van der Waals surface area contributed by atoms with Gasteiger partial charge in [0, 0.05) is 33.9 Å². The topological polar surface area (TPSA) is 104 Å². The molecule has 0 aliphatic heterocycles. The van der Waals surface area contributed by atoms with E-state index in [1.54, 1.807) is 29.0 Å². The Morgan fingerprint density at radius 1 is 1.11 bits per heavy atom. The van der Waals surface area contributed by atoms with E-state index in [9.17, 15) is 13.2 Å². The minimum absolute atomic E-state index is 0.0442. The Hall–Kier alpha value is -2.85. The summed E-state index contributed by atoms with van der Waals surface area (Å²) in [6, 6.07) is 15.7. The largest absolute Gasteiger partial charge is 0.465 e. The summed E-state index contributed by atoms with van der Waals surface area (Å²) in [7, 11) is -2.67. The van der Waals surface area contributed by atoms with Crippen molar-refractivity contribution in [2.75, 3.05) is 19.1 Å². The van der Waals surface area contributed by atoms with E-state index in [1.807, 2.05) is 24.3 Å². The smallest absolute Gasteiger partial charge is 0.340 e. The quantitative estimate of drug-likeness (QED) is 0.214. The molecular weight excluding hydrogens is 589 g/mol. The fraction of sp³-hybridized carbons (Fsp3) is 0.120. The Kier molecular flexibility index (Phi) is 7.47. The molecule has 1 heterocycles. The number of benzene rings is 3. The second kappa shape index (κ2) is 10.3. The summed E-state index contributed by atoms with van der Waals surface area (Å²) in [5, 5.41) is 0.870. The normalized spacial score (nSPS) is 11.5. The lowest BCUT2D eigenvalue weighted by atomic mass is 10.1. The lowest BCUT2D eigenvalue weighted by molar-refractivity contribution is 0.0601. The molecule has 1 aromatic heterocycles. The number of esters is 1. The van der Waals surface area contributed by atoms with Gasteiger partial charge in [0.25, 0.3) is 0 Å². The van der Waals surface area contributed by atoms with Gasteiger partial charge in [-0.3, -0.25) is 0 Å². The zero-order chi connectivity index (χ0) is 26.2. The van der Waals surface area contributed by atoms with Crippen LogP contribution in [0.15, 0.2) is 70.2 Å². The lowest BCUT2D eigenvalue weighted by Gasteiger charge is -2.16. The van der Waals surface area contributed by atoms with Gasteiger partial charge in [-0.15, -0.1) is 0 Å². The van der Waals surface area contributed by atoms with Gasteiger partial charge in [-0.1, -0.05) is 51.3 Å². The van der Waals surface area contributed by atoms with Crippen LogP contribution in [-0.4, -0.2) is 37.3 Å². The van der Waals surface area contributed by atoms with Crippen molar-refractivity contribution < 1.29 is 17.9 Å². The van der Waals surface area contributed by atoms with Crippen LogP contribution in [0.4, 0.5) is 5.69 Å². The van der Waals surface area contributed by atoms with Crippen LogP contribution in [0.1, 0.15) is 21.7 Å². The molecule has 7 nitrogen and oxygen atoms in total. The van der Waals surface area contributed by atoms with Gasteiger partial charge in [0.05, 0.1) is 34.8 Å². The summed E-state index contributed by atoms with van der Waals surface area (Å²) < 4.78 is 33.1. The molecule has 0 amide bonds. The molecule has 11 heteroatoms. The van der Waals surface area contributed by atoms with Crippen molar-refractivity contribution in [3.8, 4) is 16.9 Å². The number of carbonyl (C=O) groups excluding carboxylic acids is 1. The molecule has 0 aliphatic rings. The number of halogens is 3. The van der Waals surface area contributed by atoms with E-state index in [4.69, 9.17) is 38.7 Å². The Bertz CT molecular complexity index is 1590. The Morgan fingerprint density at radius 3 is 2.42 bits per heavy atom. The maximum atomic E-state index is 12.9. The first-order valence-corrected chi connectivity index (χ1v) is 13.9. The Labute approximate surface area is 226 Å². The molecule has 0 bridgehead atoms. The molecule has 0 spiro atoms. The van der Waals surface area contributed by atoms with Gasteiger partial charge >= 0.3 is 5.97 Å². The Morgan fingerprint density at radius 2 is 1.81 bits per heavy atom. The van der Waals surface area contributed by atoms with Crippen LogP contribution < -0.4 is 5.73 Å². The minimum Gasteiger partial charge on any atom is -0.465 e. The predicted molar refractivity (Wildman–Crippen MR) is 145 cm³/mol. The minimum atomic E-state index is -3.87. The maximum absolute atomic E-state index is 12.9. The van der Waals surface area contributed by atoms with Gasteiger partial charge in [0.15, 0.2) is 9.84 Å². The highest BCUT2D eigenvalue weighted by Crippen LogP contribution is 2.35. The van der Waals surface area contributed by atoms with Crippen molar-refractivity contribution >= 4 is 60.6 Å². The number of methoxy groups -OCH3 is 1. The first-order valence-electron chi connectivity index (χ1n) is 10.5. The summed E-state index contributed by atoms with van der Waals surface area (Å²) in [6.45, 7) is 0. The zero-order valence-corrected chi connectivity index (χ0v) is 23.0. The number of hydrogen-bond acceptors (Lipinski definition) is 6. The summed E-state index contributed by atoms with van der Waals surface area (Å²) in [4.78, 5) is 16.8. The predicted octanol–water partition coefficient (Wildman–Crippen LogP) is 5.97. The third-order valence-electron chi connectivity index (χ3n) is 5.47. The van der Waals surface area contributed by atoms with Crippen LogP contribution in [0.25, 0.3) is 16.9 Å². The molecule has 0 radical (unpaired) electrons. The van der Waals surface area contributed by atoms with Crippen LogP contribution in [0.5, 0.6) is 0 Å². The second-order valence-electron chi connectivity index (χ2n) is 7.98. The molecule has 2 N–H and O–H groups in total. The molecule has 4 aromatic rings. The number of nitrogens with two attached hydrogens (primary N) is 1. The van der Waals surface area contributed by atoms with Crippen molar-refractivity contribution in [2.45, 2.75) is 11.3 Å². The summed E-state index contributed by atoms with van der Waals surface area (Å²) in [5.74, 6) is -0.202. The van der Waals surface area contributed by atoms with Gasteiger partial charge in [0.2, 0.25) is 0 Å². The van der Waals surface area contributed by atoms with Crippen molar-refractivity contribution in [1.29, 1.82) is 0 Å². The molecule has 0 atom stereocenters. The number of nitrogens with zero attached hydrogens (tertiary/aromatic N) is 2. The number of anilines is 1. The highest BCUT2D eigenvalue weighted by Gasteiger charge is 2.26. The average molecular weight is 609 g/mol. The standard InChI is InChI=1S/C25H20BrCl2N3O4S/c1-35-25(32)18-9-10-21(24(23(18)29)36(2,33)34)31-13-20(17-8-7-16(27)12-19(17)28)30-22(31)11-14-3-5-15(26)6-4-14/h3-10,12-13H,11,29H2,1-2H3. The molecule has 0 saturated heterocycles. The molecule has 4 rings (SSSR count). The number of ether oxygens (including phenoxy) is 1. The molecule has 0 aliphatic carbocycles. The van der Waals surface area contributed by atoms with Crippen LogP contribution in [0.2, 0.25) is 10.0 Å². The molecular formula is C25H20BrCl2N3O4S. The average Bonchev–Trinajstić information content (AvgIpc) is 3.22. The van der Waals surface area contributed by atoms with Gasteiger partial charge < -0.3 is 15.0 Å². The lowest BCUT2D eigenvalue weighted by Crippen LogP contribution is -2.15. The first-order chi connectivity index (χ1) is 17.0. The number of nitrogen functional groups attached to an aromatic ring is 1. The summed E-state index contributed by atoms with van der Waals surface area (Å²) in [6.07, 6.45) is 3.09. The molecule has 0 unspecified atom stereocenters. The van der Waals surface area contributed by atoms with E-state index >= 15 is 0 Å². The first kappa shape index (κ1) is 26.2. The number of carbonyl (C=O) groups is 1.